The number of carbonyl (C=O) groups is 2. The van der Waals surface area contributed by atoms with Crippen molar-refractivity contribution >= 4 is 29.1 Å². The molecule has 0 bridgehead atoms. The molecule has 122 valence electrons. The first-order valence-electron chi connectivity index (χ1n) is 7.37. The first-order valence-corrected chi connectivity index (χ1v) is 7.75. The number of hydrogen-bond acceptors (Lipinski definition) is 4. The summed E-state index contributed by atoms with van der Waals surface area (Å²) in [6, 6.07) is 7.03. The maximum Gasteiger partial charge on any atom is 0.252 e. The molecular weight excluding hydrogens is 316 g/mol. The van der Waals surface area contributed by atoms with Gasteiger partial charge in [-0.2, -0.15) is 5.26 Å². The molecular formula is C16H19ClN4O2. The number of anilines is 1. The second-order valence-electron chi connectivity index (χ2n) is 5.76. The third-order valence-electron chi connectivity index (χ3n) is 3.92. The van der Waals surface area contributed by atoms with Crippen LogP contribution in [0.25, 0.3) is 0 Å². The number of nitrogens with zero attached hydrogens (tertiary/aromatic N) is 1. The van der Waals surface area contributed by atoms with E-state index in [-0.39, 0.29) is 24.3 Å². The quantitative estimate of drug-likeness (QED) is 0.740. The van der Waals surface area contributed by atoms with Crippen LogP contribution >= 0.6 is 11.6 Å². The van der Waals surface area contributed by atoms with Gasteiger partial charge < -0.3 is 16.0 Å². The van der Waals surface area contributed by atoms with Crippen LogP contribution < -0.4 is 16.0 Å². The van der Waals surface area contributed by atoms with Crippen LogP contribution in [0, 0.1) is 17.2 Å². The maximum absolute atomic E-state index is 12.0. The smallest absolute Gasteiger partial charge is 0.252 e. The number of nitriles is 1. The van der Waals surface area contributed by atoms with Crippen molar-refractivity contribution in [2.24, 2.45) is 5.92 Å². The zero-order valence-electron chi connectivity index (χ0n) is 13.1. The van der Waals surface area contributed by atoms with Gasteiger partial charge in [-0.05, 0) is 43.9 Å². The molecule has 1 aromatic carbocycles. The van der Waals surface area contributed by atoms with Gasteiger partial charge in [0.1, 0.15) is 5.54 Å². The van der Waals surface area contributed by atoms with Crippen LogP contribution in [0.1, 0.15) is 30.1 Å². The first kappa shape index (κ1) is 17.1. The van der Waals surface area contributed by atoms with Gasteiger partial charge in [0.2, 0.25) is 5.91 Å². The molecule has 1 unspecified atom stereocenters. The lowest BCUT2D eigenvalue weighted by Gasteiger charge is -2.23. The van der Waals surface area contributed by atoms with E-state index in [1.165, 1.54) is 7.05 Å². The van der Waals surface area contributed by atoms with E-state index < -0.39 is 5.54 Å². The molecule has 0 aliphatic heterocycles. The van der Waals surface area contributed by atoms with Crippen LogP contribution in [0.5, 0.6) is 0 Å². The van der Waals surface area contributed by atoms with Crippen LogP contribution in [0.3, 0.4) is 0 Å². The molecule has 0 radical (unpaired) electrons. The average molecular weight is 335 g/mol. The number of amides is 2. The molecule has 0 spiro atoms. The lowest BCUT2D eigenvalue weighted by Crippen LogP contribution is -2.48. The van der Waals surface area contributed by atoms with Crippen molar-refractivity contribution in [1.82, 2.24) is 10.6 Å². The second-order valence-corrected chi connectivity index (χ2v) is 6.17. The molecule has 1 atom stereocenters. The topological polar surface area (TPSA) is 94.0 Å². The van der Waals surface area contributed by atoms with Crippen molar-refractivity contribution < 1.29 is 9.59 Å². The summed E-state index contributed by atoms with van der Waals surface area (Å²) in [5, 5.41) is 17.7. The Kier molecular flexibility index (Phi) is 5.12. The SMILES string of the molecule is CNC(=O)c1ccc(NCC(=O)NC(C)(C#N)C2CC2)cc1Cl. The number of benzene rings is 1. The Morgan fingerprint density at radius 2 is 2.13 bits per heavy atom. The Labute approximate surface area is 140 Å². The maximum atomic E-state index is 12.0. The predicted octanol–water partition coefficient (Wildman–Crippen LogP) is 1.92. The monoisotopic (exact) mass is 334 g/mol. The van der Waals surface area contributed by atoms with Crippen LogP contribution in [-0.4, -0.2) is 30.9 Å². The fourth-order valence-electron chi connectivity index (χ4n) is 2.34. The lowest BCUT2D eigenvalue weighted by atomic mass is 9.98. The van der Waals surface area contributed by atoms with Crippen LogP contribution in [0.15, 0.2) is 18.2 Å². The van der Waals surface area contributed by atoms with E-state index in [1.54, 1.807) is 25.1 Å². The lowest BCUT2D eigenvalue weighted by molar-refractivity contribution is -0.120. The Balaban J connectivity index is 1.93. The van der Waals surface area contributed by atoms with Gasteiger partial charge in [0, 0.05) is 12.7 Å². The molecule has 3 N–H and O–H groups in total. The average Bonchev–Trinajstić information content (AvgIpc) is 3.37. The van der Waals surface area contributed by atoms with E-state index >= 15 is 0 Å². The highest BCUT2D eigenvalue weighted by Crippen LogP contribution is 2.39. The van der Waals surface area contributed by atoms with E-state index in [9.17, 15) is 14.9 Å². The summed E-state index contributed by atoms with van der Waals surface area (Å²) in [6.07, 6.45) is 1.93. The van der Waals surface area contributed by atoms with Crippen molar-refractivity contribution in [3.05, 3.63) is 28.8 Å². The van der Waals surface area contributed by atoms with Crippen molar-refractivity contribution in [3.8, 4) is 6.07 Å². The van der Waals surface area contributed by atoms with Crippen LogP contribution in [-0.2, 0) is 4.79 Å². The zero-order valence-corrected chi connectivity index (χ0v) is 13.8. The van der Waals surface area contributed by atoms with Gasteiger partial charge in [-0.3, -0.25) is 9.59 Å². The Morgan fingerprint density at radius 1 is 1.43 bits per heavy atom. The van der Waals surface area contributed by atoms with Crippen LogP contribution in [0.4, 0.5) is 5.69 Å². The van der Waals surface area contributed by atoms with Gasteiger partial charge in [0.25, 0.3) is 5.91 Å². The molecule has 1 aliphatic carbocycles. The van der Waals surface area contributed by atoms with E-state index in [0.717, 1.165) is 12.8 Å². The molecule has 1 fully saturated rings. The highest BCUT2D eigenvalue weighted by molar-refractivity contribution is 6.34. The Hall–Kier alpha value is -2.26. The molecule has 1 saturated carbocycles. The van der Waals surface area contributed by atoms with Gasteiger partial charge in [0.15, 0.2) is 0 Å². The second kappa shape index (κ2) is 6.88. The molecule has 7 heteroatoms. The van der Waals surface area contributed by atoms with Crippen LogP contribution in [0.2, 0.25) is 5.02 Å². The normalized spacial score (nSPS) is 15.9. The molecule has 2 rings (SSSR count). The third kappa shape index (κ3) is 4.14. The summed E-state index contributed by atoms with van der Waals surface area (Å²) < 4.78 is 0. The van der Waals surface area contributed by atoms with Gasteiger partial charge in [-0.1, -0.05) is 11.6 Å². The standard InChI is InChI=1S/C16H19ClN4O2/c1-16(9-18,10-3-4-10)21-14(22)8-20-11-5-6-12(13(17)7-11)15(23)19-2/h5-7,10,20H,3-4,8H2,1-2H3,(H,19,23)(H,21,22). The van der Waals surface area contributed by atoms with Crippen molar-refractivity contribution in [3.63, 3.8) is 0 Å². The molecule has 23 heavy (non-hydrogen) atoms. The zero-order chi connectivity index (χ0) is 17.0. The van der Waals surface area contributed by atoms with Crippen molar-refractivity contribution in [2.75, 3.05) is 18.9 Å². The minimum atomic E-state index is -0.806. The Bertz CT molecular complexity index is 667. The highest BCUT2D eigenvalue weighted by atomic mass is 35.5. The number of nitrogens with one attached hydrogen (secondary N) is 3. The van der Waals surface area contributed by atoms with Crippen molar-refractivity contribution in [1.29, 1.82) is 5.26 Å². The molecule has 0 saturated heterocycles. The summed E-state index contributed by atoms with van der Waals surface area (Å²) in [4.78, 5) is 23.6. The summed E-state index contributed by atoms with van der Waals surface area (Å²) in [5.41, 5.74) is 0.192. The predicted molar refractivity (Wildman–Crippen MR) is 88.2 cm³/mol. The molecule has 0 heterocycles. The third-order valence-corrected chi connectivity index (χ3v) is 4.23. The molecule has 2 amide bonds. The fraction of sp³-hybridized carbons (Fsp3) is 0.438. The van der Waals surface area contributed by atoms with Gasteiger partial charge in [-0.15, -0.1) is 0 Å². The van der Waals surface area contributed by atoms with E-state index in [4.69, 9.17) is 11.6 Å². The fourth-order valence-corrected chi connectivity index (χ4v) is 2.61. The van der Waals surface area contributed by atoms with Gasteiger partial charge in [-0.25, -0.2) is 0 Å². The summed E-state index contributed by atoms with van der Waals surface area (Å²) in [7, 11) is 1.53. The minimum Gasteiger partial charge on any atom is -0.376 e. The van der Waals surface area contributed by atoms with E-state index in [1.807, 2.05) is 0 Å². The highest BCUT2D eigenvalue weighted by Gasteiger charge is 2.42. The summed E-state index contributed by atoms with van der Waals surface area (Å²) in [6.45, 7) is 1.78. The summed E-state index contributed by atoms with van der Waals surface area (Å²) >= 11 is 6.05. The molecule has 0 aromatic heterocycles. The Morgan fingerprint density at radius 3 is 2.65 bits per heavy atom. The van der Waals surface area contributed by atoms with E-state index in [0.29, 0.717) is 16.3 Å². The summed E-state index contributed by atoms with van der Waals surface area (Å²) in [5.74, 6) is -0.293. The largest absolute Gasteiger partial charge is 0.376 e. The number of rotatable bonds is 6. The molecule has 1 aliphatic rings. The number of halogens is 1. The van der Waals surface area contributed by atoms with Crippen molar-refractivity contribution in [2.45, 2.75) is 25.3 Å². The first-order chi connectivity index (χ1) is 10.9. The minimum absolute atomic E-state index is 0.0274. The molecule has 1 aromatic rings. The van der Waals surface area contributed by atoms with E-state index in [2.05, 4.69) is 22.0 Å². The number of hydrogen-bond donors (Lipinski definition) is 3. The van der Waals surface area contributed by atoms with Gasteiger partial charge in [0.05, 0.1) is 23.2 Å². The molecule has 6 nitrogen and oxygen atoms in total. The number of carbonyl (C=O) groups excluding carboxylic acids is 2. The van der Waals surface area contributed by atoms with Gasteiger partial charge >= 0.3 is 0 Å².